The van der Waals surface area contributed by atoms with Crippen molar-refractivity contribution in [3.8, 4) is 0 Å². The van der Waals surface area contributed by atoms with Crippen LogP contribution >= 0.6 is 12.2 Å². The molecule has 1 rings (SSSR count). The Bertz CT molecular complexity index is 609. The molecule has 0 aliphatic heterocycles. The molecule has 8 heteroatoms. The number of carbonyl (C=O) groups is 1. The van der Waals surface area contributed by atoms with Gasteiger partial charge in [-0.2, -0.15) is 0 Å². The van der Waals surface area contributed by atoms with Crippen LogP contribution in [0.1, 0.15) is 6.92 Å². The lowest BCUT2D eigenvalue weighted by Crippen LogP contribution is -2.32. The molecule has 0 heterocycles. The first kappa shape index (κ1) is 16.3. The van der Waals surface area contributed by atoms with Crippen LogP contribution < -0.4 is 15.4 Å². The van der Waals surface area contributed by atoms with E-state index >= 15 is 0 Å². The second-order valence-electron chi connectivity index (χ2n) is 3.80. The van der Waals surface area contributed by atoms with E-state index in [0.717, 1.165) is 0 Å². The SMILES string of the molecule is C=CCNS(=O)(=O)c1ccc(NC(=S)NC(C)=O)cc1. The first-order valence-corrected chi connectivity index (χ1v) is 7.53. The van der Waals surface area contributed by atoms with Crippen LogP contribution in [0.2, 0.25) is 0 Å². The molecule has 0 aliphatic rings. The first-order valence-electron chi connectivity index (χ1n) is 5.64. The third kappa shape index (κ3) is 5.08. The maximum atomic E-state index is 11.8. The molecule has 0 spiro atoms. The monoisotopic (exact) mass is 313 g/mol. The molecule has 0 unspecified atom stereocenters. The van der Waals surface area contributed by atoms with Gasteiger partial charge in [0.1, 0.15) is 0 Å². The van der Waals surface area contributed by atoms with Crippen LogP contribution in [0.25, 0.3) is 0 Å². The minimum atomic E-state index is -3.54. The van der Waals surface area contributed by atoms with Gasteiger partial charge < -0.3 is 10.6 Å². The molecular formula is C12H15N3O3S2. The number of hydrogen-bond donors (Lipinski definition) is 3. The van der Waals surface area contributed by atoms with Crippen molar-refractivity contribution in [3.05, 3.63) is 36.9 Å². The fourth-order valence-electron chi connectivity index (χ4n) is 1.29. The number of carbonyl (C=O) groups excluding carboxylic acids is 1. The molecular weight excluding hydrogens is 298 g/mol. The van der Waals surface area contributed by atoms with Crippen LogP contribution in [0.3, 0.4) is 0 Å². The Balaban J connectivity index is 2.76. The van der Waals surface area contributed by atoms with E-state index in [4.69, 9.17) is 12.2 Å². The Hall–Kier alpha value is -1.77. The Kier molecular flexibility index (Phi) is 5.81. The van der Waals surface area contributed by atoms with Crippen molar-refractivity contribution in [2.45, 2.75) is 11.8 Å². The quantitative estimate of drug-likeness (QED) is 0.557. The van der Waals surface area contributed by atoms with E-state index in [9.17, 15) is 13.2 Å². The molecule has 0 aromatic heterocycles. The molecule has 0 aliphatic carbocycles. The van der Waals surface area contributed by atoms with Gasteiger partial charge in [0.2, 0.25) is 15.9 Å². The molecule has 1 aromatic rings. The first-order chi connectivity index (χ1) is 9.35. The lowest BCUT2D eigenvalue weighted by atomic mass is 10.3. The zero-order chi connectivity index (χ0) is 15.2. The van der Waals surface area contributed by atoms with Crippen LogP contribution in [-0.2, 0) is 14.8 Å². The number of anilines is 1. The standard InChI is InChI=1S/C12H15N3O3S2/c1-3-8-13-20(17,18)11-6-4-10(5-7-11)15-12(19)14-9(2)16/h3-7,13H,1,8H2,2H3,(H2,14,15,16,19). The summed E-state index contributed by atoms with van der Waals surface area (Å²) in [4.78, 5) is 10.9. The van der Waals surface area contributed by atoms with Crippen LogP contribution in [0.4, 0.5) is 5.69 Å². The van der Waals surface area contributed by atoms with Gasteiger partial charge in [-0.15, -0.1) is 6.58 Å². The van der Waals surface area contributed by atoms with Crippen molar-refractivity contribution in [1.29, 1.82) is 0 Å². The van der Waals surface area contributed by atoms with E-state index in [1.54, 1.807) is 12.1 Å². The Morgan fingerprint density at radius 3 is 2.45 bits per heavy atom. The molecule has 0 saturated heterocycles. The topological polar surface area (TPSA) is 87.3 Å². The zero-order valence-corrected chi connectivity index (χ0v) is 12.5. The van der Waals surface area contributed by atoms with Gasteiger partial charge >= 0.3 is 0 Å². The molecule has 3 N–H and O–H groups in total. The van der Waals surface area contributed by atoms with E-state index < -0.39 is 10.0 Å². The summed E-state index contributed by atoms with van der Waals surface area (Å²) in [5.74, 6) is -0.282. The normalized spacial score (nSPS) is 10.7. The number of rotatable bonds is 5. The summed E-state index contributed by atoms with van der Waals surface area (Å²) in [6.45, 7) is 4.95. The van der Waals surface area contributed by atoms with Crippen molar-refractivity contribution in [3.63, 3.8) is 0 Å². The smallest absolute Gasteiger partial charge is 0.240 e. The summed E-state index contributed by atoms with van der Waals surface area (Å²) in [6.07, 6.45) is 1.46. The molecule has 6 nitrogen and oxygen atoms in total. The lowest BCUT2D eigenvalue weighted by Gasteiger charge is -2.09. The van der Waals surface area contributed by atoms with Crippen molar-refractivity contribution >= 4 is 38.9 Å². The number of amides is 1. The molecule has 108 valence electrons. The third-order valence-corrected chi connectivity index (χ3v) is 3.77. The summed E-state index contributed by atoms with van der Waals surface area (Å²) < 4.78 is 26.0. The number of sulfonamides is 1. The number of nitrogens with one attached hydrogen (secondary N) is 3. The van der Waals surface area contributed by atoms with Crippen LogP contribution in [0.5, 0.6) is 0 Å². The largest absolute Gasteiger partial charge is 0.332 e. The van der Waals surface area contributed by atoms with Gasteiger partial charge in [0.15, 0.2) is 5.11 Å². The average molecular weight is 313 g/mol. The van der Waals surface area contributed by atoms with Gasteiger partial charge in [-0.25, -0.2) is 13.1 Å². The molecule has 0 atom stereocenters. The van der Waals surface area contributed by atoms with Crippen LogP contribution in [0, 0.1) is 0 Å². The molecule has 0 saturated carbocycles. The molecule has 0 radical (unpaired) electrons. The summed E-state index contributed by atoms with van der Waals surface area (Å²) in [7, 11) is -3.54. The predicted molar refractivity (Wildman–Crippen MR) is 81.9 cm³/mol. The lowest BCUT2D eigenvalue weighted by molar-refractivity contribution is -0.117. The number of benzene rings is 1. The van der Waals surface area contributed by atoms with E-state index in [2.05, 4.69) is 21.9 Å². The van der Waals surface area contributed by atoms with Gasteiger partial charge in [-0.1, -0.05) is 6.08 Å². The van der Waals surface area contributed by atoms with Gasteiger partial charge in [0.05, 0.1) is 4.90 Å². The van der Waals surface area contributed by atoms with Crippen LogP contribution in [0.15, 0.2) is 41.8 Å². The summed E-state index contributed by atoms with van der Waals surface area (Å²) in [6, 6.07) is 5.97. The summed E-state index contributed by atoms with van der Waals surface area (Å²) >= 11 is 4.89. The zero-order valence-electron chi connectivity index (χ0n) is 10.8. The van der Waals surface area contributed by atoms with E-state index in [0.29, 0.717) is 5.69 Å². The van der Waals surface area contributed by atoms with Gasteiger partial charge in [-0.05, 0) is 36.5 Å². The van der Waals surface area contributed by atoms with Crippen molar-refractivity contribution in [1.82, 2.24) is 10.0 Å². The molecule has 0 fully saturated rings. The molecule has 0 bridgehead atoms. The highest BCUT2D eigenvalue weighted by atomic mass is 32.2. The van der Waals surface area contributed by atoms with Crippen LogP contribution in [-0.4, -0.2) is 26.0 Å². The second-order valence-corrected chi connectivity index (χ2v) is 5.98. The fourth-order valence-corrected chi connectivity index (χ4v) is 2.55. The Morgan fingerprint density at radius 2 is 1.95 bits per heavy atom. The Morgan fingerprint density at radius 1 is 1.35 bits per heavy atom. The van der Waals surface area contributed by atoms with Crippen molar-refractivity contribution < 1.29 is 13.2 Å². The highest BCUT2D eigenvalue weighted by molar-refractivity contribution is 7.89. The van der Waals surface area contributed by atoms with E-state index in [1.165, 1.54) is 25.1 Å². The minimum Gasteiger partial charge on any atom is -0.332 e. The number of hydrogen-bond acceptors (Lipinski definition) is 4. The van der Waals surface area contributed by atoms with Gasteiger partial charge in [0.25, 0.3) is 0 Å². The second kappa shape index (κ2) is 7.13. The summed E-state index contributed by atoms with van der Waals surface area (Å²) in [5.41, 5.74) is 0.575. The highest BCUT2D eigenvalue weighted by Gasteiger charge is 2.12. The van der Waals surface area contributed by atoms with Gasteiger partial charge in [-0.3, -0.25) is 4.79 Å². The Labute approximate surface area is 123 Å². The maximum absolute atomic E-state index is 11.8. The fraction of sp³-hybridized carbons (Fsp3) is 0.167. The summed E-state index contributed by atoms with van der Waals surface area (Å²) in [5, 5.41) is 5.32. The predicted octanol–water partition coefficient (Wildman–Crippen LogP) is 0.984. The van der Waals surface area contributed by atoms with Gasteiger partial charge in [0, 0.05) is 19.2 Å². The third-order valence-electron chi connectivity index (χ3n) is 2.13. The van der Waals surface area contributed by atoms with Crippen molar-refractivity contribution in [2.24, 2.45) is 0 Å². The van der Waals surface area contributed by atoms with Crippen molar-refractivity contribution in [2.75, 3.05) is 11.9 Å². The van der Waals surface area contributed by atoms with E-state index in [-0.39, 0.29) is 22.5 Å². The molecule has 20 heavy (non-hydrogen) atoms. The number of thiocarbonyl (C=S) groups is 1. The maximum Gasteiger partial charge on any atom is 0.240 e. The van der Waals surface area contributed by atoms with E-state index in [1.807, 2.05) is 0 Å². The average Bonchev–Trinajstić information content (AvgIpc) is 2.36. The minimum absolute atomic E-state index is 0.135. The highest BCUT2D eigenvalue weighted by Crippen LogP contribution is 2.13. The molecule has 1 aromatic carbocycles. The molecule has 1 amide bonds.